The van der Waals surface area contributed by atoms with Crippen molar-refractivity contribution in [1.82, 2.24) is 9.62 Å². The van der Waals surface area contributed by atoms with Crippen LogP contribution >= 0.6 is 0 Å². The summed E-state index contributed by atoms with van der Waals surface area (Å²) in [5, 5.41) is 3.18. The van der Waals surface area contributed by atoms with Gasteiger partial charge in [0.2, 0.25) is 5.09 Å². The summed E-state index contributed by atoms with van der Waals surface area (Å²) in [4.78, 5) is 0. The first-order valence-corrected chi connectivity index (χ1v) is 8.70. The third-order valence-corrected chi connectivity index (χ3v) is 5.71. The summed E-state index contributed by atoms with van der Waals surface area (Å²) in [6.45, 7) is 8.09. The lowest BCUT2D eigenvalue weighted by atomic mass is 9.95. The van der Waals surface area contributed by atoms with Crippen molar-refractivity contribution in [3.8, 4) is 0 Å². The number of piperidine rings is 1. The fourth-order valence-corrected chi connectivity index (χ4v) is 4.29. The van der Waals surface area contributed by atoms with Gasteiger partial charge in [0.1, 0.15) is 5.76 Å². The van der Waals surface area contributed by atoms with Crippen LogP contribution in [0.1, 0.15) is 39.4 Å². The van der Waals surface area contributed by atoms with Gasteiger partial charge in [0.05, 0.1) is 6.54 Å². The zero-order valence-electron chi connectivity index (χ0n) is 12.4. The predicted molar refractivity (Wildman–Crippen MR) is 77.8 cm³/mol. The van der Waals surface area contributed by atoms with Gasteiger partial charge in [-0.25, -0.2) is 8.42 Å². The fourth-order valence-electron chi connectivity index (χ4n) is 2.70. The Morgan fingerprint density at radius 1 is 1.40 bits per heavy atom. The predicted octanol–water partition coefficient (Wildman–Crippen LogP) is 2.20. The number of sulfonamides is 1. The molecule has 1 N–H and O–H groups in total. The Hall–Kier alpha value is -0.850. The molecular weight excluding hydrogens is 276 g/mol. The van der Waals surface area contributed by atoms with Gasteiger partial charge in [0.25, 0.3) is 10.0 Å². The average molecular weight is 300 g/mol. The molecule has 0 bridgehead atoms. The van der Waals surface area contributed by atoms with Crippen LogP contribution < -0.4 is 5.32 Å². The first-order valence-electron chi connectivity index (χ1n) is 7.26. The first kappa shape index (κ1) is 15.5. The molecule has 0 aliphatic carbocycles. The van der Waals surface area contributed by atoms with Crippen molar-refractivity contribution >= 4 is 10.0 Å². The Morgan fingerprint density at radius 3 is 2.80 bits per heavy atom. The van der Waals surface area contributed by atoms with E-state index < -0.39 is 10.0 Å². The van der Waals surface area contributed by atoms with Crippen molar-refractivity contribution in [2.75, 3.05) is 13.1 Å². The summed E-state index contributed by atoms with van der Waals surface area (Å²) in [6, 6.07) is 3.32. The highest BCUT2D eigenvalue weighted by molar-refractivity contribution is 7.89. The van der Waals surface area contributed by atoms with Gasteiger partial charge in [-0.15, -0.1) is 0 Å². The van der Waals surface area contributed by atoms with E-state index in [1.165, 1.54) is 0 Å². The SMILES string of the molecule is CCNCc1ccc(S(=O)(=O)N2CCC(C)CC2C)o1. The summed E-state index contributed by atoms with van der Waals surface area (Å²) in [7, 11) is -3.50. The Labute approximate surface area is 121 Å². The van der Waals surface area contributed by atoms with E-state index in [1.807, 2.05) is 13.8 Å². The largest absolute Gasteiger partial charge is 0.447 e. The maximum Gasteiger partial charge on any atom is 0.276 e. The molecule has 2 atom stereocenters. The molecule has 2 unspecified atom stereocenters. The molecule has 1 aliphatic heterocycles. The molecular formula is C14H24N2O3S. The number of furan rings is 1. The molecule has 1 fully saturated rings. The zero-order valence-corrected chi connectivity index (χ0v) is 13.2. The zero-order chi connectivity index (χ0) is 14.8. The van der Waals surface area contributed by atoms with Crippen LogP contribution in [0.5, 0.6) is 0 Å². The lowest BCUT2D eigenvalue weighted by Gasteiger charge is -2.34. The highest BCUT2D eigenvalue weighted by Gasteiger charge is 2.35. The molecule has 20 heavy (non-hydrogen) atoms. The molecule has 1 aromatic heterocycles. The lowest BCUT2D eigenvalue weighted by Crippen LogP contribution is -2.43. The average Bonchev–Trinajstić information content (AvgIpc) is 2.85. The third kappa shape index (κ3) is 3.24. The molecule has 1 saturated heterocycles. The maximum absolute atomic E-state index is 12.6. The number of rotatable bonds is 5. The van der Waals surface area contributed by atoms with E-state index >= 15 is 0 Å². The van der Waals surface area contributed by atoms with Crippen LogP contribution in [0.25, 0.3) is 0 Å². The molecule has 0 radical (unpaired) electrons. The second-order valence-electron chi connectivity index (χ2n) is 5.60. The second-order valence-corrected chi connectivity index (χ2v) is 7.42. The number of nitrogens with zero attached hydrogens (tertiary/aromatic N) is 1. The maximum atomic E-state index is 12.6. The monoisotopic (exact) mass is 300 g/mol. The van der Waals surface area contributed by atoms with Crippen LogP contribution in [0, 0.1) is 5.92 Å². The number of hydrogen-bond donors (Lipinski definition) is 1. The van der Waals surface area contributed by atoms with Crippen molar-refractivity contribution in [2.24, 2.45) is 5.92 Å². The van der Waals surface area contributed by atoms with Gasteiger partial charge in [0, 0.05) is 12.6 Å². The molecule has 1 aliphatic rings. The third-order valence-electron chi connectivity index (χ3n) is 3.83. The summed E-state index contributed by atoms with van der Waals surface area (Å²) >= 11 is 0. The Kier molecular flexibility index (Phi) is 4.88. The number of nitrogens with one attached hydrogen (secondary N) is 1. The minimum atomic E-state index is -3.50. The van der Waals surface area contributed by atoms with Crippen molar-refractivity contribution in [3.63, 3.8) is 0 Å². The summed E-state index contributed by atoms with van der Waals surface area (Å²) < 4.78 is 32.3. The number of hydrogen-bond acceptors (Lipinski definition) is 4. The molecule has 0 amide bonds. The molecule has 0 saturated carbocycles. The quantitative estimate of drug-likeness (QED) is 0.905. The summed E-state index contributed by atoms with van der Waals surface area (Å²) in [6.07, 6.45) is 1.82. The molecule has 5 nitrogen and oxygen atoms in total. The van der Waals surface area contributed by atoms with Crippen molar-refractivity contribution in [1.29, 1.82) is 0 Å². The van der Waals surface area contributed by atoms with Gasteiger partial charge in [-0.2, -0.15) is 4.31 Å². The normalized spacial score (nSPS) is 24.9. The van der Waals surface area contributed by atoms with E-state index in [0.29, 0.717) is 24.8 Å². The van der Waals surface area contributed by atoms with E-state index in [9.17, 15) is 8.42 Å². The minimum absolute atomic E-state index is 0.0334. The first-order chi connectivity index (χ1) is 9.45. The highest BCUT2D eigenvalue weighted by atomic mass is 32.2. The van der Waals surface area contributed by atoms with Gasteiger partial charge in [-0.1, -0.05) is 13.8 Å². The van der Waals surface area contributed by atoms with Crippen LogP contribution in [0.4, 0.5) is 0 Å². The molecule has 6 heteroatoms. The van der Waals surface area contributed by atoms with Crippen molar-refractivity contribution < 1.29 is 12.8 Å². The van der Waals surface area contributed by atoms with Crippen LogP contribution in [-0.2, 0) is 16.6 Å². The lowest BCUT2D eigenvalue weighted by molar-refractivity contribution is 0.215. The van der Waals surface area contributed by atoms with Crippen LogP contribution in [0.15, 0.2) is 21.6 Å². The van der Waals surface area contributed by atoms with Crippen molar-refractivity contribution in [2.45, 2.75) is 51.3 Å². The topological polar surface area (TPSA) is 62.6 Å². The van der Waals surface area contributed by atoms with Crippen LogP contribution in [-0.4, -0.2) is 31.9 Å². The van der Waals surface area contributed by atoms with Crippen LogP contribution in [0.3, 0.4) is 0 Å². The highest BCUT2D eigenvalue weighted by Crippen LogP contribution is 2.28. The Morgan fingerprint density at radius 2 is 2.15 bits per heavy atom. The van der Waals surface area contributed by atoms with Gasteiger partial charge in [-0.3, -0.25) is 0 Å². The molecule has 114 valence electrons. The van der Waals surface area contributed by atoms with E-state index in [4.69, 9.17) is 4.42 Å². The van der Waals surface area contributed by atoms with Crippen molar-refractivity contribution in [3.05, 3.63) is 17.9 Å². The second kappa shape index (κ2) is 6.28. The van der Waals surface area contributed by atoms with Crippen LogP contribution in [0.2, 0.25) is 0 Å². The molecule has 2 rings (SSSR count). The minimum Gasteiger partial charge on any atom is -0.447 e. The van der Waals surface area contributed by atoms with Gasteiger partial charge in [0.15, 0.2) is 0 Å². The Balaban J connectivity index is 2.15. The van der Waals surface area contributed by atoms with E-state index in [-0.39, 0.29) is 11.1 Å². The van der Waals surface area contributed by atoms with Gasteiger partial charge in [-0.05, 0) is 44.4 Å². The van der Waals surface area contributed by atoms with Gasteiger partial charge >= 0.3 is 0 Å². The molecule has 0 aromatic carbocycles. The standard InChI is InChI=1S/C14H24N2O3S/c1-4-15-10-13-5-6-14(19-13)20(17,18)16-8-7-11(2)9-12(16)3/h5-6,11-12,15H,4,7-10H2,1-3H3. The molecule has 0 spiro atoms. The summed E-state index contributed by atoms with van der Waals surface area (Å²) in [5.74, 6) is 1.24. The molecule has 1 aromatic rings. The van der Waals surface area contributed by atoms with E-state index in [2.05, 4.69) is 12.2 Å². The summed E-state index contributed by atoms with van der Waals surface area (Å²) in [5.41, 5.74) is 0. The van der Waals surface area contributed by atoms with E-state index in [0.717, 1.165) is 19.4 Å². The van der Waals surface area contributed by atoms with Gasteiger partial charge < -0.3 is 9.73 Å². The van der Waals surface area contributed by atoms with E-state index in [1.54, 1.807) is 16.4 Å². The smallest absolute Gasteiger partial charge is 0.276 e. The molecule has 2 heterocycles. The fraction of sp³-hybridized carbons (Fsp3) is 0.714. The Bertz CT molecular complexity index is 538.